The summed E-state index contributed by atoms with van der Waals surface area (Å²) < 4.78 is 13.6. The Kier molecular flexibility index (Phi) is 6.28. The number of hydrogen-bond acceptors (Lipinski definition) is 3. The molecule has 2 aliphatic heterocycles. The summed E-state index contributed by atoms with van der Waals surface area (Å²) in [6.45, 7) is 3.07. The fraction of sp³-hybridized carbons (Fsp3) is 0.259. The van der Waals surface area contributed by atoms with Gasteiger partial charge in [-0.25, -0.2) is 4.21 Å². The van der Waals surface area contributed by atoms with Crippen LogP contribution in [0.5, 0.6) is 0 Å². The van der Waals surface area contributed by atoms with E-state index in [9.17, 15) is 13.8 Å². The Morgan fingerprint density at radius 1 is 1.03 bits per heavy atom. The maximum atomic E-state index is 13.7. The second kappa shape index (κ2) is 9.35. The van der Waals surface area contributed by atoms with Gasteiger partial charge < -0.3 is 9.80 Å². The molecule has 1 fully saturated rings. The number of halogens is 1. The summed E-state index contributed by atoms with van der Waals surface area (Å²) in [6, 6.07) is 19.7. The zero-order chi connectivity index (χ0) is 23.8. The number of amides is 2. The van der Waals surface area contributed by atoms with Crippen LogP contribution in [0.3, 0.4) is 0 Å². The maximum Gasteiger partial charge on any atom is 0.259 e. The van der Waals surface area contributed by atoms with E-state index in [2.05, 4.69) is 6.92 Å². The highest BCUT2D eigenvalue weighted by Crippen LogP contribution is 2.36. The third kappa shape index (κ3) is 4.17. The number of benzene rings is 3. The van der Waals surface area contributed by atoms with Gasteiger partial charge in [0.25, 0.3) is 11.8 Å². The number of fused-ring (bicyclic) bond motifs is 2. The molecule has 0 aromatic heterocycles. The lowest BCUT2D eigenvalue weighted by Gasteiger charge is -2.33. The Hall–Kier alpha value is -2.96. The second-order valence-electron chi connectivity index (χ2n) is 8.81. The van der Waals surface area contributed by atoms with Gasteiger partial charge in [-0.2, -0.15) is 0 Å². The molecule has 2 atom stereocenters. The van der Waals surface area contributed by atoms with Crippen LogP contribution in [0.2, 0.25) is 5.02 Å². The van der Waals surface area contributed by atoms with Crippen molar-refractivity contribution in [1.29, 1.82) is 0 Å². The van der Waals surface area contributed by atoms with Crippen LogP contribution in [-0.2, 0) is 17.3 Å². The summed E-state index contributed by atoms with van der Waals surface area (Å²) in [5.41, 5.74) is 2.30. The highest BCUT2D eigenvalue weighted by Gasteiger charge is 2.32. The molecule has 1 saturated heterocycles. The van der Waals surface area contributed by atoms with E-state index in [0.717, 1.165) is 31.4 Å². The van der Waals surface area contributed by atoms with Crippen LogP contribution in [0.1, 0.15) is 52.5 Å². The fourth-order valence-electron chi connectivity index (χ4n) is 4.69. The Morgan fingerprint density at radius 3 is 2.56 bits per heavy atom. The standard InChI is InChI=1S/C27H25ClN2O3S/c1-18-6-4-5-15-29(18)26(31)20-11-14-25-23(16-20)30(17-19-9-12-21(28)13-10-19)27(32)22-7-2-3-8-24(22)34(25)33/h2-3,7-14,16,18H,4-6,15,17H2,1H3/t18-,34+/m0/s1. The first-order chi connectivity index (χ1) is 16.4. The predicted octanol–water partition coefficient (Wildman–Crippen LogP) is 5.68. The van der Waals surface area contributed by atoms with Gasteiger partial charge in [-0.15, -0.1) is 0 Å². The van der Waals surface area contributed by atoms with Crippen molar-refractivity contribution in [1.82, 2.24) is 4.90 Å². The van der Waals surface area contributed by atoms with Crippen LogP contribution in [0, 0.1) is 0 Å². The van der Waals surface area contributed by atoms with Crippen LogP contribution in [-0.4, -0.2) is 33.5 Å². The molecule has 0 N–H and O–H groups in total. The van der Waals surface area contributed by atoms with Gasteiger partial charge in [0.15, 0.2) is 0 Å². The highest BCUT2D eigenvalue weighted by molar-refractivity contribution is 7.85. The van der Waals surface area contributed by atoms with Crippen LogP contribution >= 0.6 is 11.6 Å². The molecular weight excluding hydrogens is 468 g/mol. The number of anilines is 1. The Bertz CT molecular complexity index is 1290. The summed E-state index contributed by atoms with van der Waals surface area (Å²) >= 11 is 6.05. The smallest absolute Gasteiger partial charge is 0.259 e. The van der Waals surface area contributed by atoms with Gasteiger partial charge >= 0.3 is 0 Å². The summed E-state index contributed by atoms with van der Waals surface area (Å²) in [6.07, 6.45) is 3.09. The third-order valence-electron chi connectivity index (χ3n) is 6.58. The lowest BCUT2D eigenvalue weighted by molar-refractivity contribution is 0.0635. The number of nitrogens with zero attached hydrogens (tertiary/aromatic N) is 2. The second-order valence-corrected chi connectivity index (χ2v) is 10.7. The molecule has 0 spiro atoms. The molecule has 5 nitrogen and oxygen atoms in total. The zero-order valence-electron chi connectivity index (χ0n) is 18.9. The van der Waals surface area contributed by atoms with Gasteiger partial charge in [0.1, 0.15) is 0 Å². The first kappa shape index (κ1) is 22.8. The lowest BCUT2D eigenvalue weighted by atomic mass is 10.0. The van der Waals surface area contributed by atoms with E-state index < -0.39 is 10.8 Å². The third-order valence-corrected chi connectivity index (χ3v) is 8.33. The van der Waals surface area contributed by atoms with Gasteiger partial charge in [-0.1, -0.05) is 35.9 Å². The Labute approximate surface area is 206 Å². The molecule has 0 aliphatic carbocycles. The minimum absolute atomic E-state index is 0.0542. The molecule has 5 rings (SSSR count). The van der Waals surface area contributed by atoms with E-state index in [1.54, 1.807) is 59.5 Å². The SMILES string of the molecule is C[C@H]1CCCCN1C(=O)c1ccc2c(c1)N(Cc1ccc(Cl)cc1)C(=O)c1ccccc1[S@]2=O. The predicted molar refractivity (Wildman–Crippen MR) is 134 cm³/mol. The van der Waals surface area contributed by atoms with Crippen molar-refractivity contribution in [3.8, 4) is 0 Å². The molecule has 0 bridgehead atoms. The van der Waals surface area contributed by atoms with E-state index >= 15 is 0 Å². The van der Waals surface area contributed by atoms with E-state index in [-0.39, 0.29) is 24.4 Å². The van der Waals surface area contributed by atoms with Crippen molar-refractivity contribution in [2.75, 3.05) is 11.4 Å². The molecule has 34 heavy (non-hydrogen) atoms. The molecular formula is C27H25ClN2O3S. The average molecular weight is 493 g/mol. The average Bonchev–Trinajstić information content (AvgIpc) is 2.94. The molecule has 2 aliphatic rings. The minimum Gasteiger partial charge on any atom is -0.336 e. The zero-order valence-corrected chi connectivity index (χ0v) is 20.4. The number of rotatable bonds is 3. The number of piperidine rings is 1. The molecule has 7 heteroatoms. The van der Waals surface area contributed by atoms with Crippen LogP contribution in [0.25, 0.3) is 0 Å². The maximum absolute atomic E-state index is 13.7. The molecule has 2 heterocycles. The summed E-state index contributed by atoms with van der Waals surface area (Å²) in [5, 5.41) is 0.612. The van der Waals surface area contributed by atoms with Gasteiger partial charge in [0, 0.05) is 23.2 Å². The lowest BCUT2D eigenvalue weighted by Crippen LogP contribution is -2.42. The van der Waals surface area contributed by atoms with Crippen molar-refractivity contribution < 1.29 is 13.8 Å². The van der Waals surface area contributed by atoms with Crippen molar-refractivity contribution in [3.05, 3.63) is 88.4 Å². The van der Waals surface area contributed by atoms with E-state index in [0.29, 0.717) is 31.6 Å². The molecule has 0 unspecified atom stereocenters. The van der Waals surface area contributed by atoms with E-state index in [1.165, 1.54) is 0 Å². The Balaban J connectivity index is 1.62. The fourth-order valence-corrected chi connectivity index (χ4v) is 6.16. The van der Waals surface area contributed by atoms with Crippen molar-refractivity contribution in [2.45, 2.75) is 48.6 Å². The molecule has 2 amide bonds. The molecule has 3 aromatic rings. The summed E-state index contributed by atoms with van der Waals surface area (Å²) in [5.74, 6) is -0.296. The minimum atomic E-state index is -1.55. The van der Waals surface area contributed by atoms with Crippen LogP contribution < -0.4 is 4.90 Å². The van der Waals surface area contributed by atoms with Gasteiger partial charge in [-0.05, 0) is 74.2 Å². The molecule has 174 valence electrons. The number of carbonyl (C=O) groups excluding carboxylic acids is 2. The number of hydrogen-bond donors (Lipinski definition) is 0. The molecule has 0 saturated carbocycles. The van der Waals surface area contributed by atoms with Gasteiger partial charge in [-0.3, -0.25) is 9.59 Å². The van der Waals surface area contributed by atoms with Crippen molar-refractivity contribution in [3.63, 3.8) is 0 Å². The monoisotopic (exact) mass is 492 g/mol. The summed E-state index contributed by atoms with van der Waals surface area (Å²) in [7, 11) is -1.55. The number of likely N-dealkylation sites (tertiary alicyclic amines) is 1. The largest absolute Gasteiger partial charge is 0.336 e. The molecule has 3 aromatic carbocycles. The van der Waals surface area contributed by atoms with Gasteiger partial charge in [0.2, 0.25) is 0 Å². The van der Waals surface area contributed by atoms with Crippen molar-refractivity contribution in [2.24, 2.45) is 0 Å². The molecule has 0 radical (unpaired) electrons. The topological polar surface area (TPSA) is 57.7 Å². The van der Waals surface area contributed by atoms with Crippen LogP contribution in [0.4, 0.5) is 5.69 Å². The van der Waals surface area contributed by atoms with E-state index in [1.807, 2.05) is 17.0 Å². The van der Waals surface area contributed by atoms with Crippen molar-refractivity contribution >= 4 is 39.9 Å². The number of carbonyl (C=O) groups is 2. The quantitative estimate of drug-likeness (QED) is 0.472. The van der Waals surface area contributed by atoms with E-state index in [4.69, 9.17) is 11.6 Å². The summed E-state index contributed by atoms with van der Waals surface area (Å²) in [4.78, 5) is 31.7. The Morgan fingerprint density at radius 2 is 1.79 bits per heavy atom. The van der Waals surface area contributed by atoms with Gasteiger partial charge in [0.05, 0.1) is 38.4 Å². The highest BCUT2D eigenvalue weighted by atomic mass is 35.5. The van der Waals surface area contributed by atoms with Crippen LogP contribution in [0.15, 0.2) is 76.5 Å². The first-order valence-electron chi connectivity index (χ1n) is 11.5. The normalized spacial score (nSPS) is 19.9. The first-order valence-corrected chi connectivity index (χ1v) is 13.0.